The molecule has 2 unspecified atom stereocenters. The van der Waals surface area contributed by atoms with Crippen molar-refractivity contribution in [2.24, 2.45) is 0 Å². The van der Waals surface area contributed by atoms with Crippen molar-refractivity contribution >= 4 is 16.7 Å². The number of hydrogen-bond donors (Lipinski definition) is 1. The van der Waals surface area contributed by atoms with Crippen LogP contribution in [0.15, 0.2) is 67.0 Å². The Bertz CT molecular complexity index is 905. The highest BCUT2D eigenvalue weighted by atomic mass is 16.4. The van der Waals surface area contributed by atoms with Crippen LogP contribution in [0.2, 0.25) is 0 Å². The van der Waals surface area contributed by atoms with Crippen molar-refractivity contribution in [1.82, 2.24) is 9.88 Å². The van der Waals surface area contributed by atoms with E-state index in [2.05, 4.69) is 40.2 Å². The first-order valence-corrected chi connectivity index (χ1v) is 9.12. The van der Waals surface area contributed by atoms with Gasteiger partial charge in [0.25, 0.3) is 0 Å². The predicted octanol–water partition coefficient (Wildman–Crippen LogP) is 4.26. The number of nitrogens with zero attached hydrogens (tertiary/aromatic N) is 2. The lowest BCUT2D eigenvalue weighted by molar-refractivity contribution is -0.145. The Balaban J connectivity index is 1.90. The summed E-state index contributed by atoms with van der Waals surface area (Å²) in [5.41, 5.74) is 2.24. The van der Waals surface area contributed by atoms with Crippen LogP contribution >= 0.6 is 0 Å². The molecule has 3 aromatic rings. The van der Waals surface area contributed by atoms with E-state index in [4.69, 9.17) is 0 Å². The molecular formula is C22H22N2O2. The molecular weight excluding hydrogens is 324 g/mol. The van der Waals surface area contributed by atoms with Gasteiger partial charge < -0.3 is 5.11 Å². The Labute approximate surface area is 153 Å². The second kappa shape index (κ2) is 7.26. The molecule has 0 amide bonds. The monoisotopic (exact) mass is 346 g/mol. The highest BCUT2D eigenvalue weighted by Gasteiger charge is 2.35. The first-order chi connectivity index (χ1) is 12.8. The second-order valence-corrected chi connectivity index (χ2v) is 6.84. The number of carboxylic acids is 1. The van der Waals surface area contributed by atoms with Crippen LogP contribution in [0.1, 0.15) is 36.4 Å². The van der Waals surface area contributed by atoms with E-state index in [0.29, 0.717) is 6.42 Å². The van der Waals surface area contributed by atoms with Crippen molar-refractivity contribution in [3.05, 3.63) is 78.1 Å². The first kappa shape index (κ1) is 16.7. The van der Waals surface area contributed by atoms with E-state index in [1.54, 1.807) is 12.4 Å². The van der Waals surface area contributed by atoms with Crippen LogP contribution in [0.3, 0.4) is 0 Å². The number of aliphatic carboxylic acids is 1. The number of pyridine rings is 1. The molecule has 1 aromatic heterocycles. The molecule has 0 spiro atoms. The molecule has 4 nitrogen and oxygen atoms in total. The number of fused-ring (bicyclic) bond motifs is 1. The second-order valence-electron chi connectivity index (χ2n) is 6.84. The summed E-state index contributed by atoms with van der Waals surface area (Å²) < 4.78 is 0. The molecule has 2 atom stereocenters. The third-order valence-electron chi connectivity index (χ3n) is 5.30. The molecule has 0 aliphatic carbocycles. The van der Waals surface area contributed by atoms with Gasteiger partial charge in [0.2, 0.25) is 0 Å². The van der Waals surface area contributed by atoms with Crippen LogP contribution in [-0.2, 0) is 4.79 Å². The number of rotatable bonds is 4. The standard InChI is InChI=1S/C22H22N2O2/c25-22(26)20-10-3-4-15-24(20)21(17-11-13-23-14-12-17)19-9-5-7-16-6-1-2-8-18(16)19/h1-2,5-9,11-14,20-21H,3-4,10,15H2,(H,25,26). The number of piperidine rings is 1. The summed E-state index contributed by atoms with van der Waals surface area (Å²) >= 11 is 0. The average Bonchev–Trinajstić information content (AvgIpc) is 2.69. The largest absolute Gasteiger partial charge is 0.480 e. The fourth-order valence-electron chi connectivity index (χ4n) is 4.11. The third-order valence-corrected chi connectivity index (χ3v) is 5.30. The van der Waals surface area contributed by atoms with Crippen LogP contribution in [0, 0.1) is 0 Å². The van der Waals surface area contributed by atoms with Crippen LogP contribution in [0.25, 0.3) is 10.8 Å². The maximum atomic E-state index is 11.9. The Morgan fingerprint density at radius 1 is 1.04 bits per heavy atom. The van der Waals surface area contributed by atoms with Gasteiger partial charge in [-0.3, -0.25) is 14.7 Å². The summed E-state index contributed by atoms with van der Waals surface area (Å²) in [5.74, 6) is -0.732. The Morgan fingerprint density at radius 3 is 2.62 bits per heavy atom. The van der Waals surface area contributed by atoms with Gasteiger partial charge in [-0.25, -0.2) is 0 Å². The van der Waals surface area contributed by atoms with E-state index < -0.39 is 12.0 Å². The molecule has 0 saturated carbocycles. The van der Waals surface area contributed by atoms with E-state index in [9.17, 15) is 9.90 Å². The molecule has 0 bridgehead atoms. The minimum atomic E-state index is -0.732. The zero-order valence-corrected chi connectivity index (χ0v) is 14.6. The molecule has 2 heterocycles. The maximum Gasteiger partial charge on any atom is 0.320 e. The van der Waals surface area contributed by atoms with Gasteiger partial charge in [0, 0.05) is 12.4 Å². The Kier molecular flexibility index (Phi) is 4.67. The van der Waals surface area contributed by atoms with Crippen molar-refractivity contribution in [2.75, 3.05) is 6.54 Å². The number of benzene rings is 2. The Morgan fingerprint density at radius 2 is 1.81 bits per heavy atom. The molecule has 26 heavy (non-hydrogen) atoms. The fraction of sp³-hybridized carbons (Fsp3) is 0.273. The molecule has 1 fully saturated rings. The molecule has 0 radical (unpaired) electrons. The third kappa shape index (κ3) is 3.08. The summed E-state index contributed by atoms with van der Waals surface area (Å²) in [7, 11) is 0. The lowest BCUT2D eigenvalue weighted by Crippen LogP contribution is -2.46. The maximum absolute atomic E-state index is 11.9. The molecule has 1 aliphatic rings. The minimum Gasteiger partial charge on any atom is -0.480 e. The summed E-state index contributed by atoms with van der Waals surface area (Å²) in [6, 6.07) is 18.0. The summed E-state index contributed by atoms with van der Waals surface area (Å²) in [5, 5.41) is 12.2. The summed E-state index contributed by atoms with van der Waals surface area (Å²) in [6.07, 6.45) is 6.25. The quantitative estimate of drug-likeness (QED) is 0.767. The molecule has 1 N–H and O–H groups in total. The number of hydrogen-bond acceptors (Lipinski definition) is 3. The SMILES string of the molecule is O=C(O)C1CCCCN1C(c1ccncc1)c1cccc2ccccc12. The smallest absolute Gasteiger partial charge is 0.320 e. The predicted molar refractivity (Wildman–Crippen MR) is 102 cm³/mol. The van der Waals surface area contributed by atoms with Crippen molar-refractivity contribution in [1.29, 1.82) is 0 Å². The lowest BCUT2D eigenvalue weighted by Gasteiger charge is -2.40. The van der Waals surface area contributed by atoms with Crippen LogP contribution in [0.4, 0.5) is 0 Å². The average molecular weight is 346 g/mol. The van der Waals surface area contributed by atoms with Crippen LogP contribution < -0.4 is 0 Å². The van der Waals surface area contributed by atoms with Crippen molar-refractivity contribution in [3.63, 3.8) is 0 Å². The molecule has 1 aliphatic heterocycles. The van der Waals surface area contributed by atoms with E-state index in [0.717, 1.165) is 30.5 Å². The summed E-state index contributed by atoms with van der Waals surface area (Å²) in [6.45, 7) is 0.785. The number of likely N-dealkylation sites (tertiary alicyclic amines) is 1. The van der Waals surface area contributed by atoms with Crippen molar-refractivity contribution in [2.45, 2.75) is 31.3 Å². The van der Waals surface area contributed by atoms with E-state index in [1.807, 2.05) is 24.3 Å². The van der Waals surface area contributed by atoms with E-state index in [1.165, 1.54) is 10.8 Å². The van der Waals surface area contributed by atoms with Gasteiger partial charge in [0.1, 0.15) is 6.04 Å². The van der Waals surface area contributed by atoms with E-state index >= 15 is 0 Å². The van der Waals surface area contributed by atoms with Crippen molar-refractivity contribution < 1.29 is 9.90 Å². The number of carbonyl (C=O) groups is 1. The summed E-state index contributed by atoms with van der Waals surface area (Å²) in [4.78, 5) is 18.2. The number of carboxylic acid groups (broad SMARTS) is 1. The van der Waals surface area contributed by atoms with Gasteiger partial charge in [-0.1, -0.05) is 48.9 Å². The van der Waals surface area contributed by atoms with Gasteiger partial charge in [0.05, 0.1) is 6.04 Å². The van der Waals surface area contributed by atoms with Crippen LogP contribution in [0.5, 0.6) is 0 Å². The molecule has 132 valence electrons. The highest BCUT2D eigenvalue weighted by molar-refractivity contribution is 5.86. The molecule has 4 heteroatoms. The van der Waals surface area contributed by atoms with E-state index in [-0.39, 0.29) is 6.04 Å². The highest BCUT2D eigenvalue weighted by Crippen LogP contribution is 2.37. The molecule has 4 rings (SSSR count). The zero-order valence-electron chi connectivity index (χ0n) is 14.6. The van der Waals surface area contributed by atoms with Gasteiger partial charge in [-0.05, 0) is 53.4 Å². The topological polar surface area (TPSA) is 53.4 Å². The molecule has 2 aromatic carbocycles. The van der Waals surface area contributed by atoms with Crippen molar-refractivity contribution in [3.8, 4) is 0 Å². The first-order valence-electron chi connectivity index (χ1n) is 9.12. The fourth-order valence-corrected chi connectivity index (χ4v) is 4.11. The van der Waals surface area contributed by atoms with Gasteiger partial charge in [-0.2, -0.15) is 0 Å². The van der Waals surface area contributed by atoms with Gasteiger partial charge in [-0.15, -0.1) is 0 Å². The normalized spacial score (nSPS) is 19.3. The zero-order chi connectivity index (χ0) is 17.9. The Hall–Kier alpha value is -2.72. The lowest BCUT2D eigenvalue weighted by atomic mass is 9.89. The van der Waals surface area contributed by atoms with Crippen LogP contribution in [-0.4, -0.2) is 33.5 Å². The van der Waals surface area contributed by atoms with Gasteiger partial charge in [0.15, 0.2) is 0 Å². The minimum absolute atomic E-state index is 0.0921. The number of aromatic nitrogens is 1. The molecule has 1 saturated heterocycles. The van der Waals surface area contributed by atoms with Gasteiger partial charge >= 0.3 is 5.97 Å².